The van der Waals surface area contributed by atoms with Gasteiger partial charge in [0.2, 0.25) is 0 Å². The Hall–Kier alpha value is -0.210. The van der Waals surface area contributed by atoms with Crippen LogP contribution in [0.25, 0.3) is 0 Å². The van der Waals surface area contributed by atoms with Crippen molar-refractivity contribution >= 4 is 30.8 Å². The first-order chi connectivity index (χ1) is 11.0. The lowest BCUT2D eigenvalue weighted by atomic mass is 10.2. The van der Waals surface area contributed by atoms with E-state index in [4.69, 9.17) is 32.2 Å². The van der Waals surface area contributed by atoms with Crippen LogP contribution in [0.2, 0.25) is 10.0 Å². The number of rotatable bonds is 12. The quantitative estimate of drug-likeness (QED) is 0.280. The van der Waals surface area contributed by atoms with Gasteiger partial charge in [-0.15, -0.1) is 0 Å². The molecule has 1 aromatic rings. The predicted molar refractivity (Wildman–Crippen MR) is 99.2 cm³/mol. The minimum Gasteiger partial charge on any atom is -0.424 e. The largest absolute Gasteiger partial charge is 0.424 e. The standard InChI is InChI=1S/C17H27Cl2O3P/c1-3-5-7-8-9-12-21-23(20,13-6-4-2)22-15-10-11-16(18)17(19)14-15/h10-11,14H,3-9,12-13H2,1-2H3. The molecule has 1 atom stereocenters. The monoisotopic (exact) mass is 380 g/mol. The lowest BCUT2D eigenvalue weighted by Gasteiger charge is -2.19. The zero-order chi connectivity index (χ0) is 17.1. The third-order valence-electron chi connectivity index (χ3n) is 3.46. The molecule has 0 aliphatic rings. The van der Waals surface area contributed by atoms with Crippen molar-refractivity contribution in [3.8, 4) is 5.75 Å². The zero-order valence-electron chi connectivity index (χ0n) is 14.0. The number of unbranched alkanes of at least 4 members (excludes halogenated alkanes) is 5. The molecule has 3 nitrogen and oxygen atoms in total. The molecule has 1 rings (SSSR count). The summed E-state index contributed by atoms with van der Waals surface area (Å²) in [5.74, 6) is 0.435. The third kappa shape index (κ3) is 8.44. The molecule has 0 N–H and O–H groups in total. The van der Waals surface area contributed by atoms with Crippen LogP contribution in [0.15, 0.2) is 18.2 Å². The molecule has 0 saturated carbocycles. The molecule has 0 radical (unpaired) electrons. The Balaban J connectivity index is 2.58. The molecule has 132 valence electrons. The van der Waals surface area contributed by atoms with Crippen LogP contribution in [0.1, 0.15) is 58.8 Å². The highest BCUT2D eigenvalue weighted by molar-refractivity contribution is 7.54. The molecule has 0 spiro atoms. The highest BCUT2D eigenvalue weighted by atomic mass is 35.5. The highest BCUT2D eigenvalue weighted by Gasteiger charge is 2.25. The van der Waals surface area contributed by atoms with E-state index < -0.39 is 7.60 Å². The highest BCUT2D eigenvalue weighted by Crippen LogP contribution is 2.49. The maximum absolute atomic E-state index is 12.9. The van der Waals surface area contributed by atoms with Gasteiger partial charge < -0.3 is 4.52 Å². The Bertz CT molecular complexity index is 509. The molecule has 0 aliphatic carbocycles. The third-order valence-corrected chi connectivity index (χ3v) is 6.12. The fourth-order valence-corrected chi connectivity index (χ4v) is 4.20. The Labute approximate surface area is 150 Å². The Morgan fingerprint density at radius 3 is 2.30 bits per heavy atom. The SMILES string of the molecule is CCCCCCCOP(=O)(CCCC)Oc1ccc(Cl)c(Cl)c1. The molecule has 6 heteroatoms. The van der Waals surface area contributed by atoms with Gasteiger partial charge in [0.25, 0.3) is 0 Å². The number of benzene rings is 1. The van der Waals surface area contributed by atoms with Gasteiger partial charge in [0.05, 0.1) is 22.8 Å². The van der Waals surface area contributed by atoms with Crippen LogP contribution in [0, 0.1) is 0 Å². The molecule has 0 saturated heterocycles. The first kappa shape index (κ1) is 20.8. The van der Waals surface area contributed by atoms with Crippen molar-refractivity contribution in [3.05, 3.63) is 28.2 Å². The number of hydrogen-bond donors (Lipinski definition) is 0. The summed E-state index contributed by atoms with van der Waals surface area (Å²) in [4.78, 5) is 0. The van der Waals surface area contributed by atoms with E-state index >= 15 is 0 Å². The lowest BCUT2D eigenvalue weighted by Crippen LogP contribution is -2.04. The summed E-state index contributed by atoms with van der Waals surface area (Å²) >= 11 is 11.9. The summed E-state index contributed by atoms with van der Waals surface area (Å²) in [6.07, 6.45) is 7.77. The second-order valence-corrected chi connectivity index (χ2v) is 8.53. The van der Waals surface area contributed by atoms with Crippen molar-refractivity contribution in [3.63, 3.8) is 0 Å². The van der Waals surface area contributed by atoms with Crippen LogP contribution in [0.5, 0.6) is 5.75 Å². The smallest absolute Gasteiger partial charge is 0.379 e. The van der Waals surface area contributed by atoms with Gasteiger partial charge in [-0.05, 0) is 25.0 Å². The van der Waals surface area contributed by atoms with Crippen molar-refractivity contribution in [2.24, 2.45) is 0 Å². The average molecular weight is 381 g/mol. The Kier molecular flexibility index (Phi) is 10.3. The van der Waals surface area contributed by atoms with Crippen LogP contribution in [-0.4, -0.2) is 12.8 Å². The van der Waals surface area contributed by atoms with Gasteiger partial charge in [-0.2, -0.15) is 0 Å². The van der Waals surface area contributed by atoms with Crippen LogP contribution in [-0.2, 0) is 9.09 Å². The Morgan fingerprint density at radius 1 is 0.957 bits per heavy atom. The summed E-state index contributed by atoms with van der Waals surface area (Å²) in [6, 6.07) is 4.87. The van der Waals surface area contributed by atoms with E-state index in [1.807, 2.05) is 6.92 Å². The minimum atomic E-state index is -3.15. The molecule has 0 heterocycles. The van der Waals surface area contributed by atoms with E-state index in [1.54, 1.807) is 18.2 Å². The molecule has 0 fully saturated rings. The summed E-state index contributed by atoms with van der Waals surface area (Å²) < 4.78 is 24.2. The Morgan fingerprint density at radius 2 is 1.65 bits per heavy atom. The fourth-order valence-electron chi connectivity index (χ4n) is 2.09. The van der Waals surface area contributed by atoms with Gasteiger partial charge in [0, 0.05) is 6.07 Å². The van der Waals surface area contributed by atoms with E-state index in [9.17, 15) is 4.57 Å². The van der Waals surface area contributed by atoms with Gasteiger partial charge in [0.15, 0.2) is 0 Å². The second-order valence-electron chi connectivity index (χ2n) is 5.60. The summed E-state index contributed by atoms with van der Waals surface area (Å²) in [6.45, 7) is 4.70. The molecule has 1 aromatic carbocycles. The van der Waals surface area contributed by atoms with Gasteiger partial charge in [-0.1, -0.05) is 69.2 Å². The van der Waals surface area contributed by atoms with Gasteiger partial charge in [0.1, 0.15) is 5.75 Å². The van der Waals surface area contributed by atoms with E-state index in [0.717, 1.165) is 25.7 Å². The zero-order valence-corrected chi connectivity index (χ0v) is 16.4. The molecular weight excluding hydrogens is 354 g/mol. The fraction of sp³-hybridized carbons (Fsp3) is 0.647. The molecule has 0 aliphatic heterocycles. The maximum Gasteiger partial charge on any atom is 0.379 e. The molecular formula is C17H27Cl2O3P. The maximum atomic E-state index is 12.9. The second kappa shape index (κ2) is 11.4. The van der Waals surface area contributed by atoms with E-state index in [2.05, 4.69) is 6.92 Å². The normalized spacial score (nSPS) is 13.7. The van der Waals surface area contributed by atoms with Gasteiger partial charge in [-0.25, -0.2) is 4.57 Å². The van der Waals surface area contributed by atoms with Crippen molar-refractivity contribution in [2.45, 2.75) is 58.8 Å². The van der Waals surface area contributed by atoms with E-state index in [0.29, 0.717) is 28.6 Å². The first-order valence-corrected chi connectivity index (χ1v) is 10.9. The molecule has 23 heavy (non-hydrogen) atoms. The molecule has 0 bridgehead atoms. The van der Waals surface area contributed by atoms with E-state index in [1.165, 1.54) is 19.3 Å². The average Bonchev–Trinajstić information content (AvgIpc) is 2.52. The van der Waals surface area contributed by atoms with Crippen molar-refractivity contribution in [1.82, 2.24) is 0 Å². The topological polar surface area (TPSA) is 35.5 Å². The summed E-state index contributed by atoms with van der Waals surface area (Å²) in [7, 11) is -3.15. The number of halogens is 2. The van der Waals surface area contributed by atoms with Crippen molar-refractivity contribution in [2.75, 3.05) is 12.8 Å². The first-order valence-electron chi connectivity index (χ1n) is 8.39. The van der Waals surface area contributed by atoms with Gasteiger partial charge >= 0.3 is 7.60 Å². The van der Waals surface area contributed by atoms with Crippen LogP contribution >= 0.6 is 30.8 Å². The molecule has 0 amide bonds. The predicted octanol–water partition coefficient (Wildman–Crippen LogP) is 7.35. The summed E-state index contributed by atoms with van der Waals surface area (Å²) in [5.41, 5.74) is 0. The van der Waals surface area contributed by atoms with Crippen LogP contribution < -0.4 is 4.52 Å². The minimum absolute atomic E-state index is 0.380. The molecule has 1 unspecified atom stereocenters. The lowest BCUT2D eigenvalue weighted by molar-refractivity contribution is 0.257. The van der Waals surface area contributed by atoms with Gasteiger partial charge in [-0.3, -0.25) is 4.52 Å². The van der Waals surface area contributed by atoms with E-state index in [-0.39, 0.29) is 0 Å². The van der Waals surface area contributed by atoms with Crippen molar-refractivity contribution in [1.29, 1.82) is 0 Å². The van der Waals surface area contributed by atoms with Crippen molar-refractivity contribution < 1.29 is 13.6 Å². The summed E-state index contributed by atoms with van der Waals surface area (Å²) in [5, 5.41) is 0.824. The molecule has 0 aromatic heterocycles. The van der Waals surface area contributed by atoms with Crippen LogP contribution in [0.4, 0.5) is 0 Å². The number of hydrogen-bond acceptors (Lipinski definition) is 3. The van der Waals surface area contributed by atoms with Crippen LogP contribution in [0.3, 0.4) is 0 Å².